The number of rotatable bonds is 4. The molecule has 1 N–H and O–H groups in total. The monoisotopic (exact) mass is 280 g/mol. The third-order valence-corrected chi connectivity index (χ3v) is 5.59. The van der Waals surface area contributed by atoms with E-state index in [0.29, 0.717) is 17.6 Å². The molecule has 3 fully saturated rings. The molecule has 20 heavy (non-hydrogen) atoms. The molecule has 3 rings (SSSR count). The summed E-state index contributed by atoms with van der Waals surface area (Å²) in [5.41, 5.74) is 0.530. The fourth-order valence-corrected chi connectivity index (χ4v) is 4.64. The predicted octanol–water partition coefficient (Wildman–Crippen LogP) is 2.65. The highest BCUT2D eigenvalue weighted by Crippen LogP contribution is 2.39. The summed E-state index contributed by atoms with van der Waals surface area (Å²) in [5.74, 6) is 0.816. The van der Waals surface area contributed by atoms with Crippen LogP contribution in [-0.2, 0) is 4.74 Å². The molecular weight excluding hydrogens is 248 g/mol. The molecule has 0 aromatic carbocycles. The van der Waals surface area contributed by atoms with E-state index < -0.39 is 0 Å². The van der Waals surface area contributed by atoms with Gasteiger partial charge in [-0.15, -0.1) is 0 Å². The van der Waals surface area contributed by atoms with Crippen LogP contribution in [0.4, 0.5) is 0 Å². The highest BCUT2D eigenvalue weighted by atomic mass is 16.5. The van der Waals surface area contributed by atoms with E-state index in [0.717, 1.165) is 18.5 Å². The van der Waals surface area contributed by atoms with Gasteiger partial charge in [0.2, 0.25) is 0 Å². The van der Waals surface area contributed by atoms with Crippen LogP contribution < -0.4 is 5.32 Å². The zero-order valence-corrected chi connectivity index (χ0v) is 13.5. The first-order valence-corrected chi connectivity index (χ1v) is 8.67. The highest BCUT2D eigenvalue weighted by Gasteiger charge is 2.38. The van der Waals surface area contributed by atoms with Crippen molar-refractivity contribution in [1.82, 2.24) is 10.2 Å². The van der Waals surface area contributed by atoms with Crippen molar-refractivity contribution in [3.8, 4) is 0 Å². The second-order valence-electron chi connectivity index (χ2n) is 8.01. The molecule has 1 aliphatic carbocycles. The quantitative estimate of drug-likeness (QED) is 0.857. The lowest BCUT2D eigenvalue weighted by Crippen LogP contribution is -2.51. The average molecular weight is 280 g/mol. The fourth-order valence-electron chi connectivity index (χ4n) is 4.64. The number of nitrogens with zero attached hydrogens (tertiary/aromatic N) is 1. The molecular formula is C17H32N2O. The number of ether oxygens (including phenoxy) is 1. The molecule has 0 amide bonds. The van der Waals surface area contributed by atoms with Gasteiger partial charge in [-0.3, -0.25) is 4.90 Å². The Morgan fingerprint density at radius 3 is 2.50 bits per heavy atom. The second kappa shape index (κ2) is 5.94. The van der Waals surface area contributed by atoms with Crippen LogP contribution in [0.15, 0.2) is 0 Å². The van der Waals surface area contributed by atoms with E-state index in [2.05, 4.69) is 31.0 Å². The van der Waals surface area contributed by atoms with E-state index in [1.165, 1.54) is 51.7 Å². The van der Waals surface area contributed by atoms with Gasteiger partial charge in [0.15, 0.2) is 0 Å². The Hall–Kier alpha value is -0.120. The van der Waals surface area contributed by atoms with Crippen molar-refractivity contribution in [2.24, 2.45) is 11.3 Å². The van der Waals surface area contributed by atoms with Crippen molar-refractivity contribution in [1.29, 1.82) is 0 Å². The first kappa shape index (κ1) is 14.8. The van der Waals surface area contributed by atoms with Crippen molar-refractivity contribution in [3.63, 3.8) is 0 Å². The van der Waals surface area contributed by atoms with Crippen molar-refractivity contribution in [3.05, 3.63) is 0 Å². The zero-order valence-electron chi connectivity index (χ0n) is 13.5. The van der Waals surface area contributed by atoms with Gasteiger partial charge >= 0.3 is 0 Å². The molecule has 2 aliphatic heterocycles. The fraction of sp³-hybridized carbons (Fsp3) is 1.00. The van der Waals surface area contributed by atoms with Crippen molar-refractivity contribution in [2.45, 2.75) is 71.1 Å². The Labute approximate surface area is 124 Å². The van der Waals surface area contributed by atoms with Gasteiger partial charge in [-0.2, -0.15) is 0 Å². The van der Waals surface area contributed by atoms with Gasteiger partial charge in [0.25, 0.3) is 0 Å². The maximum absolute atomic E-state index is 5.97. The van der Waals surface area contributed by atoms with Gasteiger partial charge in [-0.25, -0.2) is 0 Å². The van der Waals surface area contributed by atoms with Gasteiger partial charge in [0.05, 0.1) is 12.2 Å². The Bertz CT molecular complexity index is 319. The summed E-state index contributed by atoms with van der Waals surface area (Å²) in [4.78, 5) is 2.70. The molecule has 2 bridgehead atoms. The standard InChI is InChI=1S/C17H32N2O/c1-4-18-16-7-8-17(2,3)9-13(16)10-19-11-14-5-6-15(12-19)20-14/h13-16,18H,4-12H2,1-3H3. The maximum atomic E-state index is 5.97. The van der Waals surface area contributed by atoms with E-state index in [1.54, 1.807) is 0 Å². The Morgan fingerprint density at radius 2 is 1.85 bits per heavy atom. The van der Waals surface area contributed by atoms with Gasteiger partial charge in [-0.05, 0) is 50.0 Å². The SMILES string of the molecule is CCNC1CCC(C)(C)CC1CN1CC2CCC(C1)O2. The van der Waals surface area contributed by atoms with E-state index in [9.17, 15) is 0 Å². The Kier molecular flexibility index (Phi) is 4.40. The summed E-state index contributed by atoms with van der Waals surface area (Å²) < 4.78 is 5.97. The summed E-state index contributed by atoms with van der Waals surface area (Å²) in [7, 11) is 0. The highest BCUT2D eigenvalue weighted by molar-refractivity contribution is 4.92. The largest absolute Gasteiger partial charge is 0.372 e. The van der Waals surface area contributed by atoms with Gasteiger partial charge < -0.3 is 10.1 Å². The van der Waals surface area contributed by atoms with Crippen molar-refractivity contribution < 1.29 is 4.74 Å². The predicted molar refractivity (Wildman–Crippen MR) is 82.9 cm³/mol. The molecule has 0 aromatic rings. The normalized spacial score (nSPS) is 41.0. The van der Waals surface area contributed by atoms with Crippen LogP contribution in [-0.4, -0.2) is 49.3 Å². The molecule has 2 heterocycles. The second-order valence-corrected chi connectivity index (χ2v) is 8.01. The van der Waals surface area contributed by atoms with Crippen molar-refractivity contribution >= 4 is 0 Å². The smallest absolute Gasteiger partial charge is 0.0707 e. The molecule has 2 saturated heterocycles. The molecule has 0 aromatic heterocycles. The van der Waals surface area contributed by atoms with Crippen LogP contribution in [0.1, 0.15) is 52.9 Å². The third kappa shape index (κ3) is 3.37. The number of fused-ring (bicyclic) bond motifs is 2. The Balaban J connectivity index is 1.60. The van der Waals surface area contributed by atoms with E-state index in [4.69, 9.17) is 4.74 Å². The summed E-state index contributed by atoms with van der Waals surface area (Å²) >= 11 is 0. The lowest BCUT2D eigenvalue weighted by atomic mass is 9.69. The van der Waals surface area contributed by atoms with Crippen LogP contribution in [0.3, 0.4) is 0 Å². The van der Waals surface area contributed by atoms with Gasteiger partial charge in [0.1, 0.15) is 0 Å². The van der Waals surface area contributed by atoms with Crippen LogP contribution in [0.25, 0.3) is 0 Å². The number of hydrogen-bond donors (Lipinski definition) is 1. The number of morpholine rings is 1. The number of hydrogen-bond acceptors (Lipinski definition) is 3. The minimum absolute atomic E-state index is 0.530. The van der Waals surface area contributed by atoms with Crippen LogP contribution in [0.2, 0.25) is 0 Å². The summed E-state index contributed by atoms with van der Waals surface area (Å²) in [6.07, 6.45) is 7.73. The minimum atomic E-state index is 0.530. The summed E-state index contributed by atoms with van der Waals surface area (Å²) in [6, 6.07) is 0.730. The molecule has 3 heteroatoms. The Morgan fingerprint density at radius 1 is 1.15 bits per heavy atom. The van der Waals surface area contributed by atoms with E-state index in [-0.39, 0.29) is 0 Å². The molecule has 1 saturated carbocycles. The molecule has 4 atom stereocenters. The zero-order chi connectivity index (χ0) is 14.2. The van der Waals surface area contributed by atoms with Crippen LogP contribution >= 0.6 is 0 Å². The van der Waals surface area contributed by atoms with Crippen LogP contribution in [0, 0.1) is 11.3 Å². The molecule has 0 radical (unpaired) electrons. The molecule has 0 spiro atoms. The molecule has 4 unspecified atom stereocenters. The minimum Gasteiger partial charge on any atom is -0.372 e. The summed E-state index contributed by atoms with van der Waals surface area (Å²) in [5, 5.41) is 3.74. The lowest BCUT2D eigenvalue weighted by Gasteiger charge is -2.44. The number of nitrogens with one attached hydrogen (secondary N) is 1. The average Bonchev–Trinajstić information content (AvgIpc) is 2.72. The van der Waals surface area contributed by atoms with Gasteiger partial charge in [-0.1, -0.05) is 20.8 Å². The molecule has 3 aliphatic rings. The van der Waals surface area contributed by atoms with Crippen LogP contribution in [0.5, 0.6) is 0 Å². The lowest BCUT2D eigenvalue weighted by molar-refractivity contribution is -0.0482. The first-order valence-electron chi connectivity index (χ1n) is 8.67. The maximum Gasteiger partial charge on any atom is 0.0707 e. The molecule has 3 nitrogen and oxygen atoms in total. The molecule has 116 valence electrons. The van der Waals surface area contributed by atoms with E-state index >= 15 is 0 Å². The van der Waals surface area contributed by atoms with Crippen molar-refractivity contribution in [2.75, 3.05) is 26.2 Å². The number of likely N-dealkylation sites (tertiary alicyclic amines) is 1. The van der Waals surface area contributed by atoms with E-state index in [1.807, 2.05) is 0 Å². The summed E-state index contributed by atoms with van der Waals surface area (Å²) in [6.45, 7) is 11.9. The third-order valence-electron chi connectivity index (χ3n) is 5.59. The topological polar surface area (TPSA) is 24.5 Å². The first-order chi connectivity index (χ1) is 9.55. The van der Waals surface area contributed by atoms with Gasteiger partial charge in [0, 0.05) is 25.7 Å².